The normalized spacial score (nSPS) is 17.2. The van der Waals surface area contributed by atoms with E-state index >= 15 is 0 Å². The fraction of sp³-hybridized carbons (Fsp3) is 0.115. The van der Waals surface area contributed by atoms with Gasteiger partial charge < -0.3 is 14.3 Å². The van der Waals surface area contributed by atoms with Crippen LogP contribution in [0.5, 0.6) is 5.75 Å². The van der Waals surface area contributed by atoms with Crippen LogP contribution in [0.15, 0.2) is 94.9 Å². The predicted molar refractivity (Wildman–Crippen MR) is 118 cm³/mol. The zero-order valence-corrected chi connectivity index (χ0v) is 16.5. The number of fused-ring (bicyclic) bond motifs is 2. The van der Waals surface area contributed by atoms with Gasteiger partial charge in [0.2, 0.25) is 5.89 Å². The lowest BCUT2D eigenvalue weighted by Gasteiger charge is -2.24. The summed E-state index contributed by atoms with van der Waals surface area (Å²) in [7, 11) is 0. The largest absolute Gasteiger partial charge is 0.485 e. The Kier molecular flexibility index (Phi) is 4.69. The molecule has 0 saturated heterocycles. The number of aliphatic hydroxyl groups excluding tert-OH is 1. The number of aliphatic hydroxyl groups is 1. The molecule has 0 fully saturated rings. The summed E-state index contributed by atoms with van der Waals surface area (Å²) in [6.45, 7) is 2.00. The molecule has 0 bridgehead atoms. The Morgan fingerprint density at radius 2 is 1.70 bits per heavy atom. The molecule has 4 nitrogen and oxygen atoms in total. The molecule has 2 unspecified atom stereocenters. The molecular formula is C26H21NO3. The summed E-state index contributed by atoms with van der Waals surface area (Å²) in [4.78, 5) is 4.63. The van der Waals surface area contributed by atoms with E-state index in [9.17, 15) is 5.11 Å². The number of nitrogens with zero attached hydrogens (tertiary/aromatic N) is 1. The van der Waals surface area contributed by atoms with Gasteiger partial charge in [-0.1, -0.05) is 60.7 Å². The number of benzene rings is 3. The second kappa shape index (κ2) is 7.65. The maximum absolute atomic E-state index is 11.2. The molecule has 148 valence electrons. The highest BCUT2D eigenvalue weighted by Gasteiger charge is 2.24. The van der Waals surface area contributed by atoms with Crippen molar-refractivity contribution < 1.29 is 14.3 Å². The Morgan fingerprint density at radius 1 is 0.967 bits per heavy atom. The van der Waals surface area contributed by atoms with Crippen LogP contribution in [0, 0.1) is 0 Å². The molecule has 1 aliphatic heterocycles. The number of ether oxygens (including phenoxy) is 1. The van der Waals surface area contributed by atoms with Crippen LogP contribution in [0.2, 0.25) is 0 Å². The van der Waals surface area contributed by atoms with Crippen LogP contribution in [-0.2, 0) is 0 Å². The van der Waals surface area contributed by atoms with E-state index in [0.29, 0.717) is 17.0 Å². The Balaban J connectivity index is 1.65. The second-order valence-electron chi connectivity index (χ2n) is 7.34. The number of hydrogen-bond donors (Lipinski definition) is 1. The topological polar surface area (TPSA) is 55.5 Å². The van der Waals surface area contributed by atoms with Crippen molar-refractivity contribution in [2.24, 2.45) is 0 Å². The zero-order valence-electron chi connectivity index (χ0n) is 16.5. The summed E-state index contributed by atoms with van der Waals surface area (Å²) in [6, 6.07) is 25.1. The van der Waals surface area contributed by atoms with Crippen LogP contribution in [0.1, 0.15) is 30.0 Å². The number of rotatable bonds is 4. The van der Waals surface area contributed by atoms with Gasteiger partial charge in [-0.2, -0.15) is 0 Å². The van der Waals surface area contributed by atoms with Crippen molar-refractivity contribution >= 4 is 22.7 Å². The fourth-order valence-corrected chi connectivity index (χ4v) is 3.67. The summed E-state index contributed by atoms with van der Waals surface area (Å²) in [5, 5.41) is 11.2. The lowest BCUT2D eigenvalue weighted by atomic mass is 9.95. The molecule has 1 aromatic heterocycles. The van der Waals surface area contributed by atoms with Crippen molar-refractivity contribution in [1.29, 1.82) is 0 Å². The van der Waals surface area contributed by atoms with E-state index in [-0.39, 0.29) is 6.10 Å². The van der Waals surface area contributed by atoms with Crippen molar-refractivity contribution in [3.05, 3.63) is 108 Å². The number of oxazole rings is 1. The molecule has 0 radical (unpaired) electrons. The van der Waals surface area contributed by atoms with Gasteiger partial charge in [0, 0.05) is 11.1 Å². The first-order valence-corrected chi connectivity index (χ1v) is 9.97. The van der Waals surface area contributed by atoms with Crippen molar-refractivity contribution in [3.63, 3.8) is 0 Å². The molecule has 1 N–H and O–H groups in total. The Bertz CT molecular complexity index is 1220. The van der Waals surface area contributed by atoms with E-state index in [0.717, 1.165) is 28.0 Å². The summed E-state index contributed by atoms with van der Waals surface area (Å²) >= 11 is 0. The standard InChI is InChI=1S/C26H21NO3/c1-17-20(15-19-11-5-7-13-23(19)29-17)16-21(25(28)18-9-3-2-4-10-18)26-27-22-12-6-8-14-24(22)30-26/h2-17,25,28H,1H3/b21-16+. The summed E-state index contributed by atoms with van der Waals surface area (Å²) in [6.07, 6.45) is 2.97. The molecule has 5 rings (SSSR count). The molecule has 0 aliphatic carbocycles. The van der Waals surface area contributed by atoms with E-state index in [1.54, 1.807) is 0 Å². The zero-order chi connectivity index (χ0) is 20.5. The predicted octanol–water partition coefficient (Wildman–Crippen LogP) is 5.81. The minimum atomic E-state index is -0.885. The molecule has 2 heterocycles. The smallest absolute Gasteiger partial charge is 0.226 e. The maximum atomic E-state index is 11.2. The van der Waals surface area contributed by atoms with Gasteiger partial charge in [0.25, 0.3) is 0 Å². The highest BCUT2D eigenvalue weighted by atomic mass is 16.5. The molecule has 0 spiro atoms. The van der Waals surface area contributed by atoms with Gasteiger partial charge in [-0.3, -0.25) is 0 Å². The summed E-state index contributed by atoms with van der Waals surface area (Å²) in [5.74, 6) is 1.26. The molecular weight excluding hydrogens is 374 g/mol. The van der Waals surface area contributed by atoms with E-state index < -0.39 is 6.10 Å². The summed E-state index contributed by atoms with van der Waals surface area (Å²) in [5.41, 5.74) is 4.76. The van der Waals surface area contributed by atoms with Crippen LogP contribution in [0.4, 0.5) is 0 Å². The van der Waals surface area contributed by atoms with Gasteiger partial charge in [-0.05, 0) is 48.4 Å². The number of para-hydroxylation sites is 3. The molecule has 0 amide bonds. The van der Waals surface area contributed by atoms with Crippen LogP contribution in [0.3, 0.4) is 0 Å². The van der Waals surface area contributed by atoms with Gasteiger partial charge in [0.1, 0.15) is 23.5 Å². The van der Waals surface area contributed by atoms with Crippen molar-refractivity contribution in [2.75, 3.05) is 0 Å². The third-order valence-electron chi connectivity index (χ3n) is 5.29. The first kappa shape index (κ1) is 18.4. The van der Waals surface area contributed by atoms with E-state index in [1.807, 2.05) is 91.9 Å². The van der Waals surface area contributed by atoms with Crippen LogP contribution in [-0.4, -0.2) is 16.2 Å². The molecule has 3 aromatic carbocycles. The molecule has 4 heteroatoms. The fourth-order valence-electron chi connectivity index (χ4n) is 3.67. The third-order valence-corrected chi connectivity index (χ3v) is 5.29. The Hall–Kier alpha value is -3.63. The molecule has 0 saturated carbocycles. The van der Waals surface area contributed by atoms with Crippen LogP contribution in [0.25, 0.3) is 22.7 Å². The monoisotopic (exact) mass is 395 g/mol. The Morgan fingerprint density at radius 3 is 2.53 bits per heavy atom. The van der Waals surface area contributed by atoms with Crippen LogP contribution >= 0.6 is 0 Å². The van der Waals surface area contributed by atoms with Gasteiger partial charge in [-0.25, -0.2) is 4.98 Å². The van der Waals surface area contributed by atoms with E-state index in [4.69, 9.17) is 9.15 Å². The second-order valence-corrected chi connectivity index (χ2v) is 7.34. The lowest BCUT2D eigenvalue weighted by molar-refractivity contribution is 0.234. The molecule has 1 aliphatic rings. The van der Waals surface area contributed by atoms with E-state index in [2.05, 4.69) is 11.1 Å². The lowest BCUT2D eigenvalue weighted by Crippen LogP contribution is -2.18. The van der Waals surface area contributed by atoms with Gasteiger partial charge in [0.05, 0.1) is 0 Å². The molecule has 4 aromatic rings. The first-order chi connectivity index (χ1) is 14.7. The van der Waals surface area contributed by atoms with Gasteiger partial charge >= 0.3 is 0 Å². The highest BCUT2D eigenvalue weighted by molar-refractivity contribution is 5.79. The highest BCUT2D eigenvalue weighted by Crippen LogP contribution is 2.36. The average molecular weight is 395 g/mol. The number of aromatic nitrogens is 1. The quantitative estimate of drug-likeness (QED) is 0.474. The number of hydrogen-bond acceptors (Lipinski definition) is 4. The Labute approximate surface area is 174 Å². The molecule has 30 heavy (non-hydrogen) atoms. The van der Waals surface area contributed by atoms with Crippen molar-refractivity contribution in [3.8, 4) is 5.75 Å². The summed E-state index contributed by atoms with van der Waals surface area (Å²) < 4.78 is 12.1. The van der Waals surface area contributed by atoms with Crippen LogP contribution < -0.4 is 4.74 Å². The first-order valence-electron chi connectivity index (χ1n) is 9.97. The minimum Gasteiger partial charge on any atom is -0.485 e. The van der Waals surface area contributed by atoms with Gasteiger partial charge in [0.15, 0.2) is 5.58 Å². The van der Waals surface area contributed by atoms with Crippen molar-refractivity contribution in [2.45, 2.75) is 19.1 Å². The molecule has 2 atom stereocenters. The third kappa shape index (κ3) is 3.42. The minimum absolute atomic E-state index is 0.165. The average Bonchev–Trinajstić information content (AvgIpc) is 3.21. The van der Waals surface area contributed by atoms with Crippen molar-refractivity contribution in [1.82, 2.24) is 4.98 Å². The van der Waals surface area contributed by atoms with Gasteiger partial charge in [-0.15, -0.1) is 0 Å². The SMILES string of the molecule is CC1Oc2ccccc2C=C1/C=C(/c1nc2ccccc2o1)C(O)c1ccccc1. The van der Waals surface area contributed by atoms with E-state index in [1.165, 1.54) is 0 Å². The maximum Gasteiger partial charge on any atom is 0.226 e.